The summed E-state index contributed by atoms with van der Waals surface area (Å²) in [6, 6.07) is 16.3. The van der Waals surface area contributed by atoms with Crippen LogP contribution in [0.15, 0.2) is 54.7 Å². The first kappa shape index (κ1) is 27.3. The number of likely N-dealkylation sites (tertiary alicyclic amines) is 1. The molecule has 2 amide bonds. The number of ether oxygens (including phenoxy) is 1. The number of hydrogen-bond acceptors (Lipinski definition) is 3. The number of benzene rings is 2. The van der Waals surface area contributed by atoms with E-state index >= 15 is 0 Å². The Morgan fingerprint density at radius 2 is 1.77 bits per heavy atom. The standard InChI is InChI=1S/C33H43N3O3/c1-24(2)21-26-23-39-30-15-9-6-12-25(30)11-5-4-10-16-33(32(38)34-26)17-19-36(20-18-33)31(37)28-22-35(3)29-14-8-7-13-27(28)29/h6-9,12-15,22,24,26H,4-5,10-11,16-21,23H2,1-3H3,(H,34,38)/t26-/m0/s1. The third-order valence-corrected chi connectivity index (χ3v) is 8.72. The molecule has 0 aliphatic carbocycles. The lowest BCUT2D eigenvalue weighted by molar-refractivity contribution is -0.135. The number of para-hydroxylation sites is 2. The van der Waals surface area contributed by atoms with Gasteiger partial charge >= 0.3 is 0 Å². The quantitative estimate of drug-likeness (QED) is 0.444. The molecule has 1 fully saturated rings. The second-order valence-corrected chi connectivity index (χ2v) is 12.0. The van der Waals surface area contributed by atoms with Crippen molar-refractivity contribution in [2.24, 2.45) is 18.4 Å². The Labute approximate surface area is 232 Å². The number of carbonyl (C=O) groups is 2. The number of aryl methyl sites for hydroxylation is 2. The lowest BCUT2D eigenvalue weighted by atomic mass is 9.73. The summed E-state index contributed by atoms with van der Waals surface area (Å²) in [5, 5.41) is 4.40. The molecule has 3 aromatic rings. The highest BCUT2D eigenvalue weighted by molar-refractivity contribution is 6.07. The molecule has 2 aliphatic rings. The summed E-state index contributed by atoms with van der Waals surface area (Å²) in [7, 11) is 1.98. The summed E-state index contributed by atoms with van der Waals surface area (Å²) in [4.78, 5) is 29.5. The summed E-state index contributed by atoms with van der Waals surface area (Å²) in [5.74, 6) is 1.59. The maximum absolute atomic E-state index is 14.0. The molecule has 208 valence electrons. The molecule has 1 spiro atoms. The molecule has 2 aliphatic heterocycles. The normalized spacial score (nSPS) is 20.5. The van der Waals surface area contributed by atoms with Gasteiger partial charge in [-0.05, 0) is 62.1 Å². The predicted octanol–water partition coefficient (Wildman–Crippen LogP) is 6.13. The zero-order valence-corrected chi connectivity index (χ0v) is 23.7. The number of nitrogens with one attached hydrogen (secondary N) is 1. The van der Waals surface area contributed by atoms with Crippen molar-refractivity contribution in [1.29, 1.82) is 0 Å². The van der Waals surface area contributed by atoms with E-state index in [4.69, 9.17) is 4.74 Å². The van der Waals surface area contributed by atoms with Gasteiger partial charge in [0.15, 0.2) is 0 Å². The highest BCUT2D eigenvalue weighted by Gasteiger charge is 2.42. The van der Waals surface area contributed by atoms with Crippen molar-refractivity contribution in [3.8, 4) is 5.75 Å². The van der Waals surface area contributed by atoms with Gasteiger partial charge in [-0.15, -0.1) is 0 Å². The van der Waals surface area contributed by atoms with Gasteiger partial charge in [0.1, 0.15) is 12.4 Å². The molecule has 0 bridgehead atoms. The van der Waals surface area contributed by atoms with Gasteiger partial charge in [0.25, 0.3) is 5.91 Å². The number of carbonyl (C=O) groups excluding carboxylic acids is 2. The van der Waals surface area contributed by atoms with Crippen LogP contribution in [0, 0.1) is 11.3 Å². The zero-order chi connectivity index (χ0) is 27.4. The minimum Gasteiger partial charge on any atom is -0.491 e. The van der Waals surface area contributed by atoms with Gasteiger partial charge in [0.05, 0.1) is 17.0 Å². The van der Waals surface area contributed by atoms with Crippen LogP contribution in [0.5, 0.6) is 5.75 Å². The van der Waals surface area contributed by atoms with Crippen molar-refractivity contribution in [1.82, 2.24) is 14.8 Å². The Morgan fingerprint density at radius 1 is 1.03 bits per heavy atom. The highest BCUT2D eigenvalue weighted by atomic mass is 16.5. The summed E-state index contributed by atoms with van der Waals surface area (Å²) < 4.78 is 8.32. The zero-order valence-electron chi connectivity index (χ0n) is 23.7. The molecule has 0 unspecified atom stereocenters. The molecular formula is C33H43N3O3. The fourth-order valence-electron chi connectivity index (χ4n) is 6.48. The van der Waals surface area contributed by atoms with Crippen LogP contribution in [0.2, 0.25) is 0 Å². The van der Waals surface area contributed by atoms with E-state index in [-0.39, 0.29) is 17.9 Å². The van der Waals surface area contributed by atoms with Crippen molar-refractivity contribution in [2.75, 3.05) is 19.7 Å². The van der Waals surface area contributed by atoms with Crippen LogP contribution in [0.3, 0.4) is 0 Å². The number of aromatic nitrogens is 1. The van der Waals surface area contributed by atoms with Gasteiger partial charge in [0, 0.05) is 37.2 Å². The maximum Gasteiger partial charge on any atom is 0.256 e. The lowest BCUT2D eigenvalue weighted by Gasteiger charge is -2.41. The number of rotatable bonds is 3. The average Bonchev–Trinajstić information content (AvgIpc) is 3.28. The van der Waals surface area contributed by atoms with Gasteiger partial charge in [-0.1, -0.05) is 63.1 Å². The third-order valence-electron chi connectivity index (χ3n) is 8.72. The van der Waals surface area contributed by atoms with Gasteiger partial charge < -0.3 is 19.5 Å². The number of amides is 2. The molecule has 5 rings (SSSR count). The van der Waals surface area contributed by atoms with Crippen molar-refractivity contribution in [3.63, 3.8) is 0 Å². The maximum atomic E-state index is 14.0. The van der Waals surface area contributed by atoms with E-state index in [9.17, 15) is 9.59 Å². The smallest absolute Gasteiger partial charge is 0.256 e. The minimum atomic E-state index is -0.439. The van der Waals surface area contributed by atoms with Crippen LogP contribution in [-0.2, 0) is 18.3 Å². The van der Waals surface area contributed by atoms with E-state index in [0.717, 1.165) is 60.7 Å². The van der Waals surface area contributed by atoms with E-state index in [1.54, 1.807) is 0 Å². The van der Waals surface area contributed by atoms with Crippen LogP contribution < -0.4 is 10.1 Å². The average molecular weight is 530 g/mol. The van der Waals surface area contributed by atoms with Gasteiger partial charge in [-0.25, -0.2) is 0 Å². The minimum absolute atomic E-state index is 0.0430. The molecule has 39 heavy (non-hydrogen) atoms. The summed E-state index contributed by atoms with van der Waals surface area (Å²) in [6.45, 7) is 6.06. The highest BCUT2D eigenvalue weighted by Crippen LogP contribution is 2.39. The SMILES string of the molecule is CC(C)C[C@H]1COc2ccccc2CCCCCC2(CCN(C(=O)c3cn(C)c4ccccc34)CC2)C(=O)N1. The Bertz CT molecular complexity index is 1300. The van der Waals surface area contributed by atoms with E-state index in [0.29, 0.717) is 38.5 Å². The molecule has 6 nitrogen and oxygen atoms in total. The lowest BCUT2D eigenvalue weighted by Crippen LogP contribution is -2.53. The van der Waals surface area contributed by atoms with Crippen LogP contribution in [0.1, 0.15) is 74.7 Å². The van der Waals surface area contributed by atoms with Crippen LogP contribution in [0.25, 0.3) is 10.9 Å². The van der Waals surface area contributed by atoms with E-state index in [1.807, 2.05) is 59.1 Å². The number of piperidine rings is 1. The molecule has 1 aromatic heterocycles. The Balaban J connectivity index is 1.32. The first-order chi connectivity index (χ1) is 18.9. The summed E-state index contributed by atoms with van der Waals surface area (Å²) in [5.41, 5.74) is 2.62. The van der Waals surface area contributed by atoms with Crippen molar-refractivity contribution in [2.45, 2.75) is 71.3 Å². The second-order valence-electron chi connectivity index (χ2n) is 12.0. The largest absolute Gasteiger partial charge is 0.491 e. The van der Waals surface area contributed by atoms with Gasteiger partial charge in [-0.3, -0.25) is 9.59 Å². The summed E-state index contributed by atoms with van der Waals surface area (Å²) in [6.07, 6.45) is 9.25. The molecule has 1 N–H and O–H groups in total. The topological polar surface area (TPSA) is 63.6 Å². The van der Waals surface area contributed by atoms with Gasteiger partial charge in [0.2, 0.25) is 5.91 Å². The van der Waals surface area contributed by atoms with E-state index in [2.05, 4.69) is 31.3 Å². The van der Waals surface area contributed by atoms with E-state index < -0.39 is 5.41 Å². The predicted molar refractivity (Wildman–Crippen MR) is 156 cm³/mol. The Hall–Kier alpha value is -3.28. The molecule has 0 saturated carbocycles. The van der Waals surface area contributed by atoms with Crippen LogP contribution in [-0.4, -0.2) is 47.0 Å². The van der Waals surface area contributed by atoms with Crippen LogP contribution in [0.4, 0.5) is 0 Å². The second kappa shape index (κ2) is 11.8. The first-order valence-corrected chi connectivity index (χ1v) is 14.7. The Morgan fingerprint density at radius 3 is 2.56 bits per heavy atom. The van der Waals surface area contributed by atoms with Crippen molar-refractivity contribution < 1.29 is 14.3 Å². The molecule has 1 atom stereocenters. The van der Waals surface area contributed by atoms with Gasteiger partial charge in [-0.2, -0.15) is 0 Å². The van der Waals surface area contributed by atoms with Crippen molar-refractivity contribution in [3.05, 3.63) is 65.9 Å². The molecule has 2 aromatic carbocycles. The first-order valence-electron chi connectivity index (χ1n) is 14.7. The Kier molecular flexibility index (Phi) is 8.29. The molecular weight excluding hydrogens is 486 g/mol. The van der Waals surface area contributed by atoms with Crippen molar-refractivity contribution >= 4 is 22.7 Å². The fourth-order valence-corrected chi connectivity index (χ4v) is 6.48. The van der Waals surface area contributed by atoms with Crippen LogP contribution >= 0.6 is 0 Å². The fraction of sp³-hybridized carbons (Fsp3) is 0.515. The molecule has 3 heterocycles. The monoisotopic (exact) mass is 529 g/mol. The van der Waals surface area contributed by atoms with E-state index in [1.165, 1.54) is 5.56 Å². The number of nitrogens with zero attached hydrogens (tertiary/aromatic N) is 2. The third kappa shape index (κ3) is 6.00. The number of fused-ring (bicyclic) bond motifs is 2. The summed E-state index contributed by atoms with van der Waals surface area (Å²) >= 11 is 0. The molecule has 1 saturated heterocycles. The molecule has 0 radical (unpaired) electrons. The number of hydrogen-bond donors (Lipinski definition) is 1. The molecule has 6 heteroatoms.